The maximum Gasteiger partial charge on any atom is 0.264 e. The summed E-state index contributed by atoms with van der Waals surface area (Å²) in [6.45, 7) is 4.67. The molecule has 0 saturated heterocycles. The second-order valence-corrected chi connectivity index (χ2v) is 14.7. The van der Waals surface area contributed by atoms with E-state index >= 15 is 0 Å². The van der Waals surface area contributed by atoms with Gasteiger partial charge in [-0.15, -0.1) is 0 Å². The standard InChI is InChI=1S/C36H39Cl2N3O6S/c1-36(2,3)39-35(43)32(22-25-12-7-6-8-13-25)40(23-28-29(37)14-11-15-30(28)38)34(42)24-41(31-16-9-10-17-33(31)47-5)48(44,45)27-20-18-26(46-4)19-21-27/h6-21,32H,22-24H2,1-5H3,(H,39,43). The quantitative estimate of drug-likeness (QED) is 0.164. The third-order valence-corrected chi connectivity index (χ3v) is 9.92. The first-order valence-corrected chi connectivity index (χ1v) is 17.3. The highest BCUT2D eigenvalue weighted by Gasteiger charge is 2.37. The molecule has 0 aromatic heterocycles. The maximum absolute atomic E-state index is 14.7. The molecule has 0 saturated carbocycles. The number of sulfonamides is 1. The van der Waals surface area contributed by atoms with Crippen molar-refractivity contribution < 1.29 is 27.5 Å². The minimum Gasteiger partial charge on any atom is -0.497 e. The van der Waals surface area contributed by atoms with Crippen molar-refractivity contribution in [2.45, 2.75) is 50.2 Å². The van der Waals surface area contributed by atoms with E-state index in [0.29, 0.717) is 21.4 Å². The first-order valence-electron chi connectivity index (χ1n) is 15.1. The zero-order chi connectivity index (χ0) is 35.1. The molecule has 0 aliphatic rings. The summed E-state index contributed by atoms with van der Waals surface area (Å²) in [5.74, 6) is -0.400. The smallest absolute Gasteiger partial charge is 0.264 e. The molecule has 48 heavy (non-hydrogen) atoms. The molecule has 4 aromatic carbocycles. The van der Waals surface area contributed by atoms with Crippen LogP contribution in [-0.2, 0) is 32.6 Å². The molecule has 0 fully saturated rings. The summed E-state index contributed by atoms with van der Waals surface area (Å²) in [5, 5.41) is 3.59. The summed E-state index contributed by atoms with van der Waals surface area (Å²) in [7, 11) is -1.47. The zero-order valence-electron chi connectivity index (χ0n) is 27.4. The van der Waals surface area contributed by atoms with Gasteiger partial charge in [-0.1, -0.05) is 71.7 Å². The minimum atomic E-state index is -4.37. The van der Waals surface area contributed by atoms with Crippen LogP contribution in [0.25, 0.3) is 0 Å². The van der Waals surface area contributed by atoms with Gasteiger partial charge in [0, 0.05) is 34.1 Å². The van der Waals surface area contributed by atoms with Crippen LogP contribution in [0.2, 0.25) is 10.0 Å². The monoisotopic (exact) mass is 711 g/mol. The molecule has 4 aromatic rings. The summed E-state index contributed by atoms with van der Waals surface area (Å²) >= 11 is 13.2. The van der Waals surface area contributed by atoms with Crippen molar-refractivity contribution in [2.24, 2.45) is 0 Å². The van der Waals surface area contributed by atoms with E-state index in [4.69, 9.17) is 32.7 Å². The van der Waals surface area contributed by atoms with Crippen LogP contribution in [0.4, 0.5) is 5.69 Å². The SMILES string of the molecule is COc1ccc(S(=O)(=O)N(CC(=O)N(Cc2c(Cl)cccc2Cl)C(Cc2ccccc2)C(=O)NC(C)(C)C)c2ccccc2OC)cc1. The summed E-state index contributed by atoms with van der Waals surface area (Å²) in [4.78, 5) is 30.1. The molecule has 1 unspecified atom stereocenters. The lowest BCUT2D eigenvalue weighted by atomic mass is 10.0. The number of rotatable bonds is 13. The maximum atomic E-state index is 14.7. The summed E-state index contributed by atoms with van der Waals surface area (Å²) in [5.41, 5.74) is 0.711. The molecule has 1 atom stereocenters. The number of methoxy groups -OCH3 is 2. The van der Waals surface area contributed by atoms with Crippen molar-refractivity contribution >= 4 is 50.7 Å². The minimum absolute atomic E-state index is 0.0750. The number of anilines is 1. The number of halogens is 2. The molecule has 4 rings (SSSR count). The number of carbonyl (C=O) groups excluding carboxylic acids is 2. The third kappa shape index (κ3) is 9.00. The number of ether oxygens (including phenoxy) is 2. The van der Waals surface area contributed by atoms with Crippen molar-refractivity contribution in [3.05, 3.63) is 118 Å². The number of carbonyl (C=O) groups is 2. The second kappa shape index (κ2) is 15.8. The molecule has 12 heteroatoms. The van der Waals surface area contributed by atoms with Crippen LogP contribution in [0, 0.1) is 0 Å². The van der Waals surface area contributed by atoms with E-state index < -0.39 is 40.0 Å². The van der Waals surface area contributed by atoms with Crippen LogP contribution in [0.5, 0.6) is 11.5 Å². The van der Waals surface area contributed by atoms with Gasteiger partial charge in [0.25, 0.3) is 10.0 Å². The van der Waals surface area contributed by atoms with Gasteiger partial charge in [0.2, 0.25) is 11.8 Å². The van der Waals surface area contributed by atoms with E-state index in [1.165, 1.54) is 43.4 Å². The molecule has 254 valence electrons. The summed E-state index contributed by atoms with van der Waals surface area (Å²) in [6, 6.07) is 25.5. The van der Waals surface area contributed by atoms with Gasteiger partial charge in [0.1, 0.15) is 24.1 Å². The fourth-order valence-electron chi connectivity index (χ4n) is 5.08. The van der Waals surface area contributed by atoms with Crippen LogP contribution in [-0.4, -0.2) is 57.5 Å². The van der Waals surface area contributed by atoms with Crippen molar-refractivity contribution in [3.63, 3.8) is 0 Å². The van der Waals surface area contributed by atoms with Gasteiger partial charge >= 0.3 is 0 Å². The number of hydrogen-bond acceptors (Lipinski definition) is 6. The van der Waals surface area contributed by atoms with Crippen LogP contribution in [0.1, 0.15) is 31.9 Å². The summed E-state index contributed by atoms with van der Waals surface area (Å²) in [6.07, 6.45) is 0.135. The normalized spacial score (nSPS) is 12.1. The van der Waals surface area contributed by atoms with Gasteiger partial charge in [-0.3, -0.25) is 13.9 Å². The van der Waals surface area contributed by atoms with Crippen molar-refractivity contribution in [2.75, 3.05) is 25.1 Å². The summed E-state index contributed by atoms with van der Waals surface area (Å²) < 4.78 is 40.4. The van der Waals surface area contributed by atoms with E-state index in [1.54, 1.807) is 42.5 Å². The highest BCUT2D eigenvalue weighted by Crippen LogP contribution is 2.34. The Bertz CT molecular complexity index is 1810. The van der Waals surface area contributed by atoms with Crippen LogP contribution in [0.3, 0.4) is 0 Å². The molecule has 0 radical (unpaired) electrons. The fraction of sp³-hybridized carbons (Fsp3) is 0.278. The highest BCUT2D eigenvalue weighted by atomic mass is 35.5. The van der Waals surface area contributed by atoms with E-state index in [9.17, 15) is 18.0 Å². The first kappa shape index (κ1) is 36.6. The predicted molar refractivity (Wildman–Crippen MR) is 189 cm³/mol. The Kier molecular flexibility index (Phi) is 12.0. The van der Waals surface area contributed by atoms with Gasteiger partial charge in [0.05, 0.1) is 24.8 Å². The third-order valence-electron chi connectivity index (χ3n) is 7.44. The number of nitrogens with zero attached hydrogens (tertiary/aromatic N) is 2. The first-order chi connectivity index (χ1) is 22.7. The Morgan fingerprint density at radius 1 is 0.812 bits per heavy atom. The van der Waals surface area contributed by atoms with Gasteiger partial charge < -0.3 is 19.7 Å². The molecule has 2 amide bonds. The molecule has 0 aliphatic heterocycles. The average molecular weight is 713 g/mol. The van der Waals surface area contributed by atoms with E-state index in [2.05, 4.69) is 5.32 Å². The van der Waals surface area contributed by atoms with E-state index in [1.807, 2.05) is 51.1 Å². The lowest BCUT2D eigenvalue weighted by Gasteiger charge is -2.35. The molecular formula is C36H39Cl2N3O6S. The number of amides is 2. The van der Waals surface area contributed by atoms with Gasteiger partial charge in [-0.2, -0.15) is 0 Å². The van der Waals surface area contributed by atoms with Gasteiger partial charge in [-0.25, -0.2) is 8.42 Å². The number of hydrogen-bond donors (Lipinski definition) is 1. The van der Waals surface area contributed by atoms with Crippen molar-refractivity contribution in [1.82, 2.24) is 10.2 Å². The molecule has 1 N–H and O–H groups in total. The van der Waals surface area contributed by atoms with Crippen LogP contribution in [0.15, 0.2) is 102 Å². The van der Waals surface area contributed by atoms with Gasteiger partial charge in [0.15, 0.2) is 0 Å². The van der Waals surface area contributed by atoms with Crippen LogP contribution < -0.4 is 19.1 Å². The topological polar surface area (TPSA) is 105 Å². The lowest BCUT2D eigenvalue weighted by Crippen LogP contribution is -2.56. The molecule has 0 aliphatic carbocycles. The lowest BCUT2D eigenvalue weighted by molar-refractivity contribution is -0.140. The van der Waals surface area contributed by atoms with Crippen LogP contribution >= 0.6 is 23.2 Å². The molecule has 0 spiro atoms. The average Bonchev–Trinajstić information content (AvgIpc) is 3.05. The Balaban J connectivity index is 1.88. The van der Waals surface area contributed by atoms with E-state index in [-0.39, 0.29) is 29.3 Å². The Morgan fingerprint density at radius 3 is 2.00 bits per heavy atom. The van der Waals surface area contributed by atoms with E-state index in [0.717, 1.165) is 9.87 Å². The second-order valence-electron chi connectivity index (χ2n) is 12.0. The molecule has 0 bridgehead atoms. The van der Waals surface area contributed by atoms with Crippen molar-refractivity contribution in [1.29, 1.82) is 0 Å². The number of benzene rings is 4. The number of nitrogens with one attached hydrogen (secondary N) is 1. The molecule has 0 heterocycles. The fourth-order valence-corrected chi connectivity index (χ4v) is 7.03. The van der Waals surface area contributed by atoms with Crippen molar-refractivity contribution in [3.8, 4) is 11.5 Å². The highest BCUT2D eigenvalue weighted by molar-refractivity contribution is 7.92. The Labute approximate surface area is 292 Å². The Morgan fingerprint density at radius 2 is 1.42 bits per heavy atom. The van der Waals surface area contributed by atoms with Gasteiger partial charge in [-0.05, 0) is 74.9 Å². The molecular weight excluding hydrogens is 673 g/mol. The Hall–Kier alpha value is -4.25. The number of para-hydroxylation sites is 2. The molecule has 9 nitrogen and oxygen atoms in total. The predicted octanol–water partition coefficient (Wildman–Crippen LogP) is 6.76. The largest absolute Gasteiger partial charge is 0.497 e. The zero-order valence-corrected chi connectivity index (χ0v) is 29.8.